The maximum absolute atomic E-state index is 12.9. The van der Waals surface area contributed by atoms with E-state index in [0.29, 0.717) is 28.1 Å². The molecule has 37 heavy (non-hydrogen) atoms. The summed E-state index contributed by atoms with van der Waals surface area (Å²) in [6.07, 6.45) is 6.26. The van der Waals surface area contributed by atoms with Crippen molar-refractivity contribution in [1.82, 2.24) is 14.8 Å². The van der Waals surface area contributed by atoms with Crippen molar-refractivity contribution in [3.8, 4) is 5.75 Å². The maximum atomic E-state index is 12.9. The first-order valence-corrected chi connectivity index (χ1v) is 14.2. The molecule has 1 N–H and O–H groups in total. The number of nitrogens with one attached hydrogen (secondary N) is 1. The smallest absolute Gasteiger partial charge is 0.341 e. The van der Waals surface area contributed by atoms with Gasteiger partial charge in [-0.15, -0.1) is 28.1 Å². The molecule has 1 atom stereocenters. The van der Waals surface area contributed by atoms with Crippen LogP contribution in [0.5, 0.6) is 5.75 Å². The number of benzene rings is 1. The van der Waals surface area contributed by atoms with Gasteiger partial charge in [-0.2, -0.15) is 0 Å². The van der Waals surface area contributed by atoms with Gasteiger partial charge in [0.1, 0.15) is 10.8 Å². The summed E-state index contributed by atoms with van der Waals surface area (Å²) in [6, 6.07) is 8.00. The van der Waals surface area contributed by atoms with Crippen LogP contribution in [0.2, 0.25) is 0 Å². The van der Waals surface area contributed by atoms with Crippen molar-refractivity contribution in [3.63, 3.8) is 0 Å². The summed E-state index contributed by atoms with van der Waals surface area (Å²) in [5.74, 6) is 0.902. The Bertz CT molecular complexity index is 1270. The van der Waals surface area contributed by atoms with E-state index >= 15 is 0 Å². The van der Waals surface area contributed by atoms with E-state index in [1.165, 1.54) is 35.8 Å². The van der Waals surface area contributed by atoms with Crippen LogP contribution in [0.25, 0.3) is 0 Å². The Morgan fingerprint density at radius 2 is 2.00 bits per heavy atom. The third-order valence-corrected chi connectivity index (χ3v) is 8.39. The minimum atomic E-state index is -0.406. The molecule has 196 valence electrons. The fourth-order valence-electron chi connectivity index (χ4n) is 4.33. The topological polar surface area (TPSA) is 95.3 Å². The third-order valence-electron chi connectivity index (χ3n) is 6.21. The lowest BCUT2D eigenvalue weighted by Crippen LogP contribution is -2.17. The Kier molecular flexibility index (Phi) is 9.04. The average Bonchev–Trinajstić information content (AvgIpc) is 3.48. The summed E-state index contributed by atoms with van der Waals surface area (Å²) in [4.78, 5) is 26.5. The number of aryl methyl sites for hydroxylation is 2. The number of thioether (sulfide) groups is 1. The first-order chi connectivity index (χ1) is 17.9. The van der Waals surface area contributed by atoms with Gasteiger partial charge >= 0.3 is 5.97 Å². The number of nitrogens with zero attached hydrogens (tertiary/aromatic N) is 3. The highest BCUT2D eigenvalue weighted by molar-refractivity contribution is 7.99. The second-order valence-electron chi connectivity index (χ2n) is 8.74. The van der Waals surface area contributed by atoms with E-state index < -0.39 is 5.97 Å². The molecule has 4 rings (SSSR count). The molecule has 1 amide bonds. The molecule has 3 aromatic rings. The summed E-state index contributed by atoms with van der Waals surface area (Å²) in [5.41, 5.74) is 2.75. The van der Waals surface area contributed by atoms with Crippen LogP contribution in [-0.2, 0) is 35.3 Å². The Morgan fingerprint density at radius 3 is 2.70 bits per heavy atom. The van der Waals surface area contributed by atoms with Crippen LogP contribution in [-0.4, -0.2) is 39.5 Å². The van der Waals surface area contributed by atoms with Gasteiger partial charge in [0.25, 0.3) is 0 Å². The van der Waals surface area contributed by atoms with Crippen molar-refractivity contribution < 1.29 is 19.1 Å². The lowest BCUT2D eigenvalue weighted by Gasteiger charge is -2.16. The van der Waals surface area contributed by atoms with Crippen LogP contribution in [0.3, 0.4) is 0 Å². The molecule has 2 heterocycles. The fourth-order valence-corrected chi connectivity index (χ4v) is 6.38. The van der Waals surface area contributed by atoms with Gasteiger partial charge in [0.2, 0.25) is 5.91 Å². The quantitative estimate of drug-likeness (QED) is 0.191. The van der Waals surface area contributed by atoms with Gasteiger partial charge < -0.3 is 14.8 Å². The van der Waals surface area contributed by atoms with Crippen molar-refractivity contribution in [2.75, 3.05) is 18.2 Å². The van der Waals surface area contributed by atoms with E-state index in [9.17, 15) is 9.59 Å². The number of hydrogen-bond acceptors (Lipinski definition) is 8. The number of fused-ring (bicyclic) bond motifs is 1. The second-order valence-corrected chi connectivity index (χ2v) is 10.8. The average molecular weight is 541 g/mol. The predicted octanol–water partition coefficient (Wildman–Crippen LogP) is 5.62. The Labute approximate surface area is 225 Å². The molecule has 1 aliphatic carbocycles. The maximum Gasteiger partial charge on any atom is 0.341 e. The van der Waals surface area contributed by atoms with Crippen molar-refractivity contribution in [2.24, 2.45) is 0 Å². The number of amides is 1. The highest BCUT2D eigenvalue weighted by Crippen LogP contribution is 2.38. The molecule has 2 aromatic heterocycles. The van der Waals surface area contributed by atoms with Gasteiger partial charge in [0, 0.05) is 11.4 Å². The highest BCUT2D eigenvalue weighted by Gasteiger charge is 2.27. The number of thiophene rings is 1. The molecular formula is C27H32N4O4S2. The molecule has 0 bridgehead atoms. The molecule has 0 radical (unpaired) electrons. The monoisotopic (exact) mass is 540 g/mol. The van der Waals surface area contributed by atoms with Crippen molar-refractivity contribution in [3.05, 3.63) is 64.3 Å². The zero-order valence-electron chi connectivity index (χ0n) is 21.4. The number of aromatic nitrogens is 3. The summed E-state index contributed by atoms with van der Waals surface area (Å²) in [7, 11) is 1.37. The van der Waals surface area contributed by atoms with E-state index in [1.54, 1.807) is 6.08 Å². The Morgan fingerprint density at radius 1 is 1.24 bits per heavy atom. The number of hydrogen-bond donors (Lipinski definition) is 1. The molecule has 0 fully saturated rings. The van der Waals surface area contributed by atoms with Gasteiger partial charge in [0.05, 0.1) is 18.4 Å². The molecule has 0 saturated heterocycles. The van der Waals surface area contributed by atoms with Gasteiger partial charge in [0.15, 0.2) is 17.1 Å². The number of esters is 1. The SMILES string of the molecule is C=CCn1c(SCC(=O)Nc2sc3c(c2C(=O)OC)CCCC3)nnc1C(C)Oc1ccc(CC)cc1. The molecule has 1 aliphatic rings. The van der Waals surface area contributed by atoms with Gasteiger partial charge in [-0.1, -0.05) is 36.9 Å². The number of rotatable bonds is 11. The summed E-state index contributed by atoms with van der Waals surface area (Å²) >= 11 is 2.75. The van der Waals surface area contributed by atoms with Crippen molar-refractivity contribution >= 4 is 40.0 Å². The molecular weight excluding hydrogens is 508 g/mol. The third kappa shape index (κ3) is 6.24. The lowest BCUT2D eigenvalue weighted by molar-refractivity contribution is -0.113. The van der Waals surface area contributed by atoms with E-state index in [0.717, 1.165) is 48.3 Å². The van der Waals surface area contributed by atoms with Gasteiger partial charge in [-0.05, 0) is 62.3 Å². The minimum Gasteiger partial charge on any atom is -0.483 e. The predicted molar refractivity (Wildman–Crippen MR) is 147 cm³/mol. The zero-order chi connectivity index (χ0) is 26.4. The minimum absolute atomic E-state index is 0.117. The largest absolute Gasteiger partial charge is 0.483 e. The molecule has 0 spiro atoms. The van der Waals surface area contributed by atoms with Crippen LogP contribution in [0, 0.1) is 0 Å². The van der Waals surface area contributed by atoms with Crippen LogP contribution in [0.4, 0.5) is 5.00 Å². The molecule has 0 saturated carbocycles. The Balaban J connectivity index is 1.44. The second kappa shape index (κ2) is 12.4. The summed E-state index contributed by atoms with van der Waals surface area (Å²) in [6.45, 7) is 8.37. The summed E-state index contributed by atoms with van der Waals surface area (Å²) < 4.78 is 13.0. The van der Waals surface area contributed by atoms with E-state index in [1.807, 2.05) is 35.8 Å². The fraction of sp³-hybridized carbons (Fsp3) is 0.407. The number of methoxy groups -OCH3 is 1. The van der Waals surface area contributed by atoms with E-state index in [4.69, 9.17) is 9.47 Å². The number of anilines is 1. The standard InChI is InChI=1S/C27H32N4O4S2/c1-5-15-31-24(17(3)35-19-13-11-18(6-2)12-14-19)29-30-27(31)36-16-22(32)28-25-23(26(33)34-4)20-9-7-8-10-21(20)37-25/h5,11-14,17H,1,6-10,15-16H2,2-4H3,(H,28,32). The Hall–Kier alpha value is -3.11. The van der Waals surface area contributed by atoms with Crippen LogP contribution in [0.15, 0.2) is 42.1 Å². The number of allylic oxidation sites excluding steroid dienone is 1. The molecule has 1 unspecified atom stereocenters. The molecule has 10 heteroatoms. The number of ether oxygens (including phenoxy) is 2. The van der Waals surface area contributed by atoms with Crippen LogP contribution >= 0.6 is 23.1 Å². The molecule has 0 aliphatic heterocycles. The first-order valence-electron chi connectivity index (χ1n) is 12.4. The van der Waals surface area contributed by atoms with Gasteiger partial charge in [-0.3, -0.25) is 9.36 Å². The van der Waals surface area contributed by atoms with E-state index in [2.05, 4.69) is 29.0 Å². The number of carbonyl (C=O) groups is 2. The van der Waals surface area contributed by atoms with Crippen LogP contribution in [0.1, 0.15) is 65.0 Å². The number of carbonyl (C=O) groups excluding carboxylic acids is 2. The normalized spacial score (nSPS) is 13.5. The van der Waals surface area contributed by atoms with E-state index in [-0.39, 0.29) is 17.8 Å². The van der Waals surface area contributed by atoms with Crippen LogP contribution < -0.4 is 10.1 Å². The summed E-state index contributed by atoms with van der Waals surface area (Å²) in [5, 5.41) is 12.8. The highest BCUT2D eigenvalue weighted by atomic mass is 32.2. The molecule has 1 aromatic carbocycles. The lowest BCUT2D eigenvalue weighted by atomic mass is 9.95. The van der Waals surface area contributed by atoms with Crippen molar-refractivity contribution in [2.45, 2.75) is 63.8 Å². The first kappa shape index (κ1) is 26.9. The zero-order valence-corrected chi connectivity index (χ0v) is 23.0. The van der Waals surface area contributed by atoms with Gasteiger partial charge in [-0.25, -0.2) is 4.79 Å². The van der Waals surface area contributed by atoms with Crippen molar-refractivity contribution in [1.29, 1.82) is 0 Å². The molecule has 8 nitrogen and oxygen atoms in total.